The highest BCUT2D eigenvalue weighted by molar-refractivity contribution is 5.63. The molecule has 1 atom stereocenters. The number of aliphatic hydroxyl groups excluding tert-OH is 1. The summed E-state index contributed by atoms with van der Waals surface area (Å²) in [5, 5.41) is 20.9. The van der Waals surface area contributed by atoms with Crippen molar-refractivity contribution in [2.24, 2.45) is 5.92 Å². The fourth-order valence-corrected chi connectivity index (χ4v) is 3.18. The number of aromatic nitrogens is 5. The second kappa shape index (κ2) is 9.23. The molecule has 8 nitrogen and oxygen atoms in total. The van der Waals surface area contributed by atoms with Gasteiger partial charge in [-0.25, -0.2) is 18.7 Å². The van der Waals surface area contributed by atoms with Gasteiger partial charge in [-0.2, -0.15) is 5.10 Å². The average Bonchev–Trinajstić information content (AvgIpc) is 3.44. The lowest BCUT2D eigenvalue weighted by Gasteiger charge is -2.20. The van der Waals surface area contributed by atoms with E-state index in [-0.39, 0.29) is 42.6 Å². The second-order valence-electron chi connectivity index (χ2n) is 7.62. The summed E-state index contributed by atoms with van der Waals surface area (Å²) in [4.78, 5) is 8.34. The predicted octanol–water partition coefficient (Wildman–Crippen LogP) is 3.75. The molecule has 4 aromatic rings. The minimum Gasteiger partial charge on any atom is -0.394 e. The van der Waals surface area contributed by atoms with Crippen molar-refractivity contribution in [1.29, 1.82) is 0 Å². The van der Waals surface area contributed by atoms with Crippen LogP contribution in [0.3, 0.4) is 0 Å². The summed E-state index contributed by atoms with van der Waals surface area (Å²) >= 11 is 0. The lowest BCUT2D eigenvalue weighted by Crippen LogP contribution is -2.30. The lowest BCUT2D eigenvalue weighted by molar-refractivity contribution is 0.248. The maximum Gasteiger partial charge on any atom is 0.183 e. The zero-order chi connectivity index (χ0) is 22.7. The van der Waals surface area contributed by atoms with E-state index in [4.69, 9.17) is 4.52 Å². The molecule has 0 saturated carbocycles. The van der Waals surface area contributed by atoms with Crippen LogP contribution in [0.5, 0.6) is 0 Å². The summed E-state index contributed by atoms with van der Waals surface area (Å²) in [6.07, 6.45) is 2.47. The number of hydrogen-bond donors (Lipinski definition) is 2. The Bertz CT molecular complexity index is 1190. The summed E-state index contributed by atoms with van der Waals surface area (Å²) in [7, 11) is 0. The third-order valence-corrected chi connectivity index (χ3v) is 5.05. The fourth-order valence-electron chi connectivity index (χ4n) is 3.18. The Hall–Kier alpha value is -3.66. The topological polar surface area (TPSA) is 102 Å². The van der Waals surface area contributed by atoms with Crippen molar-refractivity contribution in [2.45, 2.75) is 26.4 Å². The number of halogens is 2. The highest BCUT2D eigenvalue weighted by atomic mass is 19.1. The number of benzene rings is 1. The molecule has 10 heteroatoms. The quantitative estimate of drug-likeness (QED) is 0.430. The molecule has 0 fully saturated rings. The van der Waals surface area contributed by atoms with Gasteiger partial charge >= 0.3 is 0 Å². The molecule has 166 valence electrons. The minimum atomic E-state index is -0.643. The van der Waals surface area contributed by atoms with Gasteiger partial charge in [-0.05, 0) is 18.1 Å². The molecular formula is C22H22F2N6O2. The van der Waals surface area contributed by atoms with Crippen LogP contribution in [0.4, 0.5) is 14.6 Å². The van der Waals surface area contributed by atoms with Crippen LogP contribution in [0.1, 0.15) is 19.4 Å². The summed E-state index contributed by atoms with van der Waals surface area (Å²) in [5.74, 6) is -0.809. The number of rotatable bonds is 8. The molecule has 0 aliphatic carbocycles. The van der Waals surface area contributed by atoms with Crippen LogP contribution in [-0.4, -0.2) is 42.7 Å². The maximum absolute atomic E-state index is 14.3. The van der Waals surface area contributed by atoms with E-state index in [1.54, 1.807) is 35.0 Å². The van der Waals surface area contributed by atoms with Gasteiger partial charge in [0.1, 0.15) is 23.5 Å². The van der Waals surface area contributed by atoms with Crippen molar-refractivity contribution in [3.8, 4) is 22.9 Å². The maximum atomic E-state index is 14.3. The fraction of sp³-hybridized carbons (Fsp3) is 0.273. The molecule has 0 radical (unpaired) electrons. The summed E-state index contributed by atoms with van der Waals surface area (Å²) in [6, 6.07) is 9.36. The number of nitrogens with one attached hydrogen (secondary N) is 1. The molecule has 1 unspecified atom stereocenters. The van der Waals surface area contributed by atoms with Crippen LogP contribution in [0.2, 0.25) is 0 Å². The van der Waals surface area contributed by atoms with E-state index in [0.717, 1.165) is 6.20 Å². The Balaban J connectivity index is 1.73. The number of hydrogen-bond acceptors (Lipinski definition) is 7. The van der Waals surface area contributed by atoms with E-state index in [2.05, 4.69) is 25.5 Å². The average molecular weight is 440 g/mol. The first kappa shape index (κ1) is 21.6. The zero-order valence-electron chi connectivity index (χ0n) is 17.5. The van der Waals surface area contributed by atoms with E-state index in [9.17, 15) is 13.9 Å². The Morgan fingerprint density at radius 3 is 2.62 bits per heavy atom. The number of anilines is 1. The Labute approximate surface area is 182 Å². The van der Waals surface area contributed by atoms with E-state index >= 15 is 0 Å². The van der Waals surface area contributed by atoms with Crippen molar-refractivity contribution >= 4 is 5.82 Å². The zero-order valence-corrected chi connectivity index (χ0v) is 17.5. The summed E-state index contributed by atoms with van der Waals surface area (Å²) in [6.45, 7) is 3.77. The van der Waals surface area contributed by atoms with Gasteiger partial charge in [-0.3, -0.25) is 4.68 Å². The smallest absolute Gasteiger partial charge is 0.183 e. The first-order valence-electron chi connectivity index (χ1n) is 10.1. The molecule has 0 spiro atoms. The largest absolute Gasteiger partial charge is 0.394 e. The molecule has 0 amide bonds. The third kappa shape index (κ3) is 4.50. The Morgan fingerprint density at radius 2 is 1.94 bits per heavy atom. The Morgan fingerprint density at radius 1 is 1.12 bits per heavy atom. The van der Waals surface area contributed by atoms with Crippen molar-refractivity contribution in [2.75, 3.05) is 11.9 Å². The van der Waals surface area contributed by atoms with Crippen LogP contribution in [0.25, 0.3) is 22.9 Å². The predicted molar refractivity (Wildman–Crippen MR) is 114 cm³/mol. The highest BCUT2D eigenvalue weighted by Gasteiger charge is 2.20. The molecule has 0 saturated heterocycles. The van der Waals surface area contributed by atoms with Gasteiger partial charge in [0.15, 0.2) is 17.5 Å². The van der Waals surface area contributed by atoms with E-state index in [1.807, 2.05) is 13.8 Å². The molecular weight excluding hydrogens is 418 g/mol. The summed E-state index contributed by atoms with van der Waals surface area (Å²) in [5.41, 5.74) is 1.86. The van der Waals surface area contributed by atoms with Gasteiger partial charge in [0.05, 0.1) is 31.1 Å². The molecule has 2 N–H and O–H groups in total. The lowest BCUT2D eigenvalue weighted by atomic mass is 10.1. The minimum absolute atomic E-state index is 0.0330. The first-order chi connectivity index (χ1) is 15.5. The van der Waals surface area contributed by atoms with Crippen LogP contribution in [-0.2, 0) is 6.54 Å². The molecule has 1 aromatic carbocycles. The van der Waals surface area contributed by atoms with Crippen molar-refractivity contribution in [3.63, 3.8) is 0 Å². The standard InChI is InChI=1S/C22H22F2N6O2/c1-13(2)19(12-31)26-21-16(24)10-25-22(27-21)18-9-20(17-7-8-32-29-17)30(28-18)11-14-5-3-4-6-15(14)23/h3-10,13,19,31H,11-12H2,1-2H3,(H,25,26,27). The van der Waals surface area contributed by atoms with Crippen LogP contribution < -0.4 is 5.32 Å². The number of nitrogens with zero attached hydrogens (tertiary/aromatic N) is 5. The molecule has 4 rings (SSSR count). The normalized spacial score (nSPS) is 12.3. The van der Waals surface area contributed by atoms with Gasteiger partial charge in [0.2, 0.25) is 0 Å². The third-order valence-electron chi connectivity index (χ3n) is 5.05. The molecule has 0 aliphatic heterocycles. The van der Waals surface area contributed by atoms with Gasteiger partial charge in [0.25, 0.3) is 0 Å². The molecule has 32 heavy (non-hydrogen) atoms. The SMILES string of the molecule is CC(C)C(CO)Nc1nc(-c2cc(-c3ccon3)n(Cc3ccccc3F)n2)ncc1F. The molecule has 3 heterocycles. The van der Waals surface area contributed by atoms with Crippen molar-refractivity contribution in [3.05, 3.63) is 66.1 Å². The highest BCUT2D eigenvalue weighted by Crippen LogP contribution is 2.26. The van der Waals surface area contributed by atoms with E-state index in [1.165, 1.54) is 12.3 Å². The Kier molecular flexibility index (Phi) is 6.22. The first-order valence-corrected chi connectivity index (χ1v) is 10.1. The van der Waals surface area contributed by atoms with Crippen LogP contribution >= 0.6 is 0 Å². The van der Waals surface area contributed by atoms with Crippen molar-refractivity contribution < 1.29 is 18.4 Å². The van der Waals surface area contributed by atoms with Gasteiger partial charge in [0, 0.05) is 11.6 Å². The second-order valence-corrected chi connectivity index (χ2v) is 7.62. The summed E-state index contributed by atoms with van der Waals surface area (Å²) < 4.78 is 35.1. The van der Waals surface area contributed by atoms with Gasteiger partial charge in [-0.1, -0.05) is 37.2 Å². The van der Waals surface area contributed by atoms with Crippen molar-refractivity contribution in [1.82, 2.24) is 24.9 Å². The monoisotopic (exact) mass is 440 g/mol. The molecule has 0 aliphatic rings. The van der Waals surface area contributed by atoms with E-state index < -0.39 is 5.82 Å². The molecule has 3 aromatic heterocycles. The van der Waals surface area contributed by atoms with Gasteiger partial charge < -0.3 is 14.9 Å². The van der Waals surface area contributed by atoms with Crippen LogP contribution in [0, 0.1) is 17.6 Å². The van der Waals surface area contributed by atoms with Gasteiger partial charge in [-0.15, -0.1) is 0 Å². The number of aliphatic hydroxyl groups is 1. The van der Waals surface area contributed by atoms with Crippen LogP contribution in [0.15, 0.2) is 53.4 Å². The van der Waals surface area contributed by atoms with E-state index in [0.29, 0.717) is 22.6 Å². The molecule has 0 bridgehead atoms.